The molecule has 0 spiro atoms. The average Bonchev–Trinajstić information content (AvgIpc) is 2.48. The first-order valence-corrected chi connectivity index (χ1v) is 6.47. The Balaban J connectivity index is 1.96. The summed E-state index contributed by atoms with van der Waals surface area (Å²) in [6.07, 6.45) is 3.49. The fourth-order valence-electron chi connectivity index (χ4n) is 1.74. The Morgan fingerprint density at radius 1 is 1.14 bits per heavy atom. The first-order chi connectivity index (χ1) is 10.1. The number of nitrogens with one attached hydrogen (secondary N) is 1. The molecule has 1 amide bonds. The van der Waals surface area contributed by atoms with Crippen LogP contribution in [0.1, 0.15) is 22.8 Å². The summed E-state index contributed by atoms with van der Waals surface area (Å²) in [5, 5.41) is 3.86. The lowest BCUT2D eigenvalue weighted by molar-refractivity contribution is 0.0954. The van der Waals surface area contributed by atoms with E-state index in [0.29, 0.717) is 0 Å². The zero-order valence-electron chi connectivity index (χ0n) is 11.6. The topological polar surface area (TPSA) is 41.5 Å². The molecule has 3 nitrogen and oxygen atoms in total. The highest BCUT2D eigenvalue weighted by Gasteiger charge is 2.04. The molecule has 0 aliphatic carbocycles. The predicted octanol–water partition coefficient (Wildman–Crippen LogP) is 3.64. The Bertz CT molecular complexity index is 678. The SMILES string of the molecule is CC(/C=N/NC(=O)c1cccc(F)c1)=C\c1ccccc1. The van der Waals surface area contributed by atoms with Crippen molar-refractivity contribution in [2.75, 3.05) is 0 Å². The highest BCUT2D eigenvalue weighted by atomic mass is 19.1. The highest BCUT2D eigenvalue weighted by molar-refractivity contribution is 5.95. The number of hydrazone groups is 1. The van der Waals surface area contributed by atoms with Gasteiger partial charge in [-0.25, -0.2) is 9.82 Å². The quantitative estimate of drug-likeness (QED) is 0.675. The van der Waals surface area contributed by atoms with E-state index in [1.807, 2.05) is 43.3 Å². The number of benzene rings is 2. The molecule has 0 bridgehead atoms. The van der Waals surface area contributed by atoms with Gasteiger partial charge < -0.3 is 0 Å². The number of hydrogen-bond acceptors (Lipinski definition) is 2. The molecule has 2 aromatic rings. The van der Waals surface area contributed by atoms with Gasteiger partial charge in [0.25, 0.3) is 5.91 Å². The zero-order valence-corrected chi connectivity index (χ0v) is 11.6. The molecule has 2 rings (SSSR count). The Hall–Kier alpha value is -2.75. The van der Waals surface area contributed by atoms with Crippen LogP contribution < -0.4 is 5.43 Å². The first kappa shape index (κ1) is 14.7. The number of nitrogens with zero attached hydrogens (tertiary/aromatic N) is 1. The summed E-state index contributed by atoms with van der Waals surface area (Å²) in [5.74, 6) is -0.898. The number of halogens is 1. The molecule has 106 valence electrons. The molecule has 0 saturated carbocycles. The number of amides is 1. The largest absolute Gasteiger partial charge is 0.271 e. The molecule has 21 heavy (non-hydrogen) atoms. The Kier molecular flexibility index (Phi) is 4.99. The minimum absolute atomic E-state index is 0.233. The molecule has 0 aromatic heterocycles. The summed E-state index contributed by atoms with van der Waals surface area (Å²) in [6, 6.07) is 15.2. The maximum atomic E-state index is 13.0. The molecule has 0 aliphatic heterocycles. The van der Waals surface area contributed by atoms with E-state index in [2.05, 4.69) is 10.5 Å². The Morgan fingerprint density at radius 3 is 2.62 bits per heavy atom. The molecule has 0 heterocycles. The third-order valence-corrected chi connectivity index (χ3v) is 2.71. The predicted molar refractivity (Wildman–Crippen MR) is 82.5 cm³/mol. The number of allylic oxidation sites excluding steroid dienone is 1. The van der Waals surface area contributed by atoms with E-state index < -0.39 is 11.7 Å². The average molecular weight is 282 g/mol. The second-order valence-electron chi connectivity index (χ2n) is 4.51. The van der Waals surface area contributed by atoms with Gasteiger partial charge in [-0.1, -0.05) is 42.5 Å². The normalized spacial score (nSPS) is 11.6. The monoisotopic (exact) mass is 282 g/mol. The van der Waals surface area contributed by atoms with Crippen LogP contribution in [-0.2, 0) is 0 Å². The van der Waals surface area contributed by atoms with E-state index in [9.17, 15) is 9.18 Å². The minimum atomic E-state index is -0.452. The van der Waals surface area contributed by atoms with Crippen LogP contribution >= 0.6 is 0 Å². The van der Waals surface area contributed by atoms with Crippen molar-refractivity contribution in [3.8, 4) is 0 Å². The third-order valence-electron chi connectivity index (χ3n) is 2.71. The summed E-state index contributed by atoms with van der Waals surface area (Å²) in [6.45, 7) is 1.88. The highest BCUT2D eigenvalue weighted by Crippen LogP contribution is 2.05. The summed E-state index contributed by atoms with van der Waals surface area (Å²) >= 11 is 0. The van der Waals surface area contributed by atoms with Gasteiger partial charge in [0.15, 0.2) is 0 Å². The molecule has 0 radical (unpaired) electrons. The van der Waals surface area contributed by atoms with Crippen molar-refractivity contribution < 1.29 is 9.18 Å². The van der Waals surface area contributed by atoms with Gasteiger partial charge in [-0.05, 0) is 36.3 Å². The van der Waals surface area contributed by atoms with E-state index in [1.165, 1.54) is 18.2 Å². The smallest absolute Gasteiger partial charge is 0.267 e. The van der Waals surface area contributed by atoms with Crippen molar-refractivity contribution in [3.05, 3.63) is 77.1 Å². The Morgan fingerprint density at radius 2 is 1.90 bits per heavy atom. The van der Waals surface area contributed by atoms with Crippen molar-refractivity contribution in [2.24, 2.45) is 5.10 Å². The van der Waals surface area contributed by atoms with Crippen molar-refractivity contribution in [3.63, 3.8) is 0 Å². The molecule has 0 fully saturated rings. The molecule has 1 N–H and O–H groups in total. The van der Waals surface area contributed by atoms with Crippen LogP contribution in [0.25, 0.3) is 6.08 Å². The first-order valence-electron chi connectivity index (χ1n) is 6.47. The summed E-state index contributed by atoms with van der Waals surface area (Å²) in [4.78, 5) is 11.7. The summed E-state index contributed by atoms with van der Waals surface area (Å²) in [7, 11) is 0. The third kappa shape index (κ3) is 4.69. The van der Waals surface area contributed by atoms with E-state index in [-0.39, 0.29) is 5.56 Å². The molecule has 0 unspecified atom stereocenters. The van der Waals surface area contributed by atoms with Gasteiger partial charge in [-0.15, -0.1) is 0 Å². The maximum absolute atomic E-state index is 13.0. The van der Waals surface area contributed by atoms with E-state index >= 15 is 0 Å². The van der Waals surface area contributed by atoms with Crippen molar-refractivity contribution in [2.45, 2.75) is 6.92 Å². The van der Waals surface area contributed by atoms with E-state index in [1.54, 1.807) is 6.21 Å². The minimum Gasteiger partial charge on any atom is -0.267 e. The number of rotatable bonds is 4. The fraction of sp³-hybridized carbons (Fsp3) is 0.0588. The van der Waals surface area contributed by atoms with Crippen LogP contribution in [0.2, 0.25) is 0 Å². The van der Waals surface area contributed by atoms with Gasteiger partial charge in [-0.2, -0.15) is 5.10 Å². The van der Waals surface area contributed by atoms with Gasteiger partial charge in [0.1, 0.15) is 5.82 Å². The zero-order chi connectivity index (χ0) is 15.1. The number of carbonyl (C=O) groups is 1. The van der Waals surface area contributed by atoms with Crippen molar-refractivity contribution >= 4 is 18.2 Å². The Labute approximate surface area is 122 Å². The van der Waals surface area contributed by atoms with Gasteiger partial charge in [0, 0.05) is 5.56 Å². The second-order valence-corrected chi connectivity index (χ2v) is 4.51. The number of carbonyl (C=O) groups excluding carboxylic acids is 1. The molecule has 0 atom stereocenters. The van der Waals surface area contributed by atoms with E-state index in [4.69, 9.17) is 0 Å². The van der Waals surface area contributed by atoms with Crippen LogP contribution in [0, 0.1) is 5.82 Å². The molecule has 0 saturated heterocycles. The summed E-state index contributed by atoms with van der Waals surface area (Å²) < 4.78 is 13.0. The lowest BCUT2D eigenvalue weighted by Crippen LogP contribution is -2.17. The molecular formula is C17H15FN2O. The standard InChI is InChI=1S/C17H15FN2O/c1-13(10-14-6-3-2-4-7-14)12-19-20-17(21)15-8-5-9-16(18)11-15/h2-12H,1H3,(H,20,21)/b13-10+,19-12+. The fourth-order valence-corrected chi connectivity index (χ4v) is 1.74. The summed E-state index contributed by atoms with van der Waals surface area (Å²) in [5.41, 5.74) is 4.54. The number of hydrogen-bond donors (Lipinski definition) is 1. The molecular weight excluding hydrogens is 267 g/mol. The maximum Gasteiger partial charge on any atom is 0.271 e. The second kappa shape index (κ2) is 7.14. The van der Waals surface area contributed by atoms with E-state index in [0.717, 1.165) is 17.2 Å². The molecule has 2 aromatic carbocycles. The van der Waals surface area contributed by atoms with Crippen LogP contribution in [-0.4, -0.2) is 12.1 Å². The lowest BCUT2D eigenvalue weighted by Gasteiger charge is -1.99. The van der Waals surface area contributed by atoms with Gasteiger partial charge >= 0.3 is 0 Å². The van der Waals surface area contributed by atoms with Crippen LogP contribution in [0.3, 0.4) is 0 Å². The van der Waals surface area contributed by atoms with Crippen LogP contribution in [0.4, 0.5) is 4.39 Å². The van der Waals surface area contributed by atoms with Gasteiger partial charge in [0.05, 0.1) is 6.21 Å². The van der Waals surface area contributed by atoms with Gasteiger partial charge in [-0.3, -0.25) is 4.79 Å². The van der Waals surface area contributed by atoms with Crippen molar-refractivity contribution in [1.29, 1.82) is 0 Å². The van der Waals surface area contributed by atoms with Crippen LogP contribution in [0.5, 0.6) is 0 Å². The van der Waals surface area contributed by atoms with Crippen LogP contribution in [0.15, 0.2) is 65.3 Å². The molecule has 0 aliphatic rings. The molecule has 4 heteroatoms. The lowest BCUT2D eigenvalue weighted by atomic mass is 10.1. The van der Waals surface area contributed by atoms with Gasteiger partial charge in [0.2, 0.25) is 0 Å². The van der Waals surface area contributed by atoms with Crippen molar-refractivity contribution in [1.82, 2.24) is 5.43 Å².